The molecule has 1 unspecified atom stereocenters. The standard InChI is InChI=1S/C13H24N2O4/c1-6-13(10(16)18-5)9-14-7-8-15(13)11(17)19-12(2,3)4/h14H,6-9H2,1-5H3. The maximum absolute atomic E-state index is 12.3. The Labute approximate surface area is 114 Å². The van der Waals surface area contributed by atoms with Gasteiger partial charge in [-0.15, -0.1) is 0 Å². The van der Waals surface area contributed by atoms with Crippen LogP contribution in [-0.4, -0.2) is 54.8 Å². The summed E-state index contributed by atoms with van der Waals surface area (Å²) >= 11 is 0. The Hall–Kier alpha value is -1.30. The molecule has 0 bridgehead atoms. The van der Waals surface area contributed by atoms with Crippen molar-refractivity contribution < 1.29 is 19.1 Å². The number of piperazine rings is 1. The summed E-state index contributed by atoms with van der Waals surface area (Å²) in [6.45, 7) is 8.73. The number of nitrogens with zero attached hydrogens (tertiary/aromatic N) is 1. The lowest BCUT2D eigenvalue weighted by molar-refractivity contribution is -0.156. The van der Waals surface area contributed by atoms with Crippen LogP contribution < -0.4 is 5.32 Å². The minimum absolute atomic E-state index is 0.384. The third-order valence-electron chi connectivity index (χ3n) is 3.21. The Morgan fingerprint density at radius 2 is 2.00 bits per heavy atom. The number of carbonyl (C=O) groups excluding carboxylic acids is 2. The maximum Gasteiger partial charge on any atom is 0.411 e. The first-order chi connectivity index (χ1) is 8.77. The highest BCUT2D eigenvalue weighted by Gasteiger charge is 2.49. The number of amides is 1. The highest BCUT2D eigenvalue weighted by molar-refractivity contribution is 5.86. The Morgan fingerprint density at radius 3 is 2.47 bits per heavy atom. The van der Waals surface area contributed by atoms with Crippen LogP contribution in [-0.2, 0) is 14.3 Å². The van der Waals surface area contributed by atoms with Crippen LogP contribution in [0, 0.1) is 0 Å². The van der Waals surface area contributed by atoms with Crippen molar-refractivity contribution in [3.63, 3.8) is 0 Å². The quantitative estimate of drug-likeness (QED) is 0.764. The van der Waals surface area contributed by atoms with Crippen LogP contribution in [0.4, 0.5) is 4.79 Å². The summed E-state index contributed by atoms with van der Waals surface area (Å²) < 4.78 is 10.2. The summed E-state index contributed by atoms with van der Waals surface area (Å²) in [5.41, 5.74) is -1.56. The van der Waals surface area contributed by atoms with E-state index in [-0.39, 0.29) is 0 Å². The Bertz CT molecular complexity index is 351. The molecule has 0 aliphatic carbocycles. The van der Waals surface area contributed by atoms with Crippen LogP contribution in [0.1, 0.15) is 34.1 Å². The van der Waals surface area contributed by atoms with Gasteiger partial charge in [-0.3, -0.25) is 4.90 Å². The number of hydrogen-bond acceptors (Lipinski definition) is 5. The SMILES string of the molecule is CCC1(C(=O)OC)CNCCN1C(=O)OC(C)(C)C. The number of methoxy groups -OCH3 is 1. The Balaban J connectivity index is 2.99. The highest BCUT2D eigenvalue weighted by atomic mass is 16.6. The van der Waals surface area contributed by atoms with E-state index in [2.05, 4.69) is 5.32 Å². The molecule has 1 aliphatic rings. The summed E-state index contributed by atoms with van der Waals surface area (Å²) in [5, 5.41) is 3.14. The minimum atomic E-state index is -0.977. The molecule has 0 radical (unpaired) electrons. The molecule has 1 rings (SSSR count). The van der Waals surface area contributed by atoms with E-state index in [1.54, 1.807) is 20.8 Å². The fourth-order valence-electron chi connectivity index (χ4n) is 2.21. The van der Waals surface area contributed by atoms with Gasteiger partial charge in [-0.25, -0.2) is 9.59 Å². The molecule has 1 amide bonds. The van der Waals surface area contributed by atoms with Gasteiger partial charge < -0.3 is 14.8 Å². The zero-order chi connectivity index (χ0) is 14.7. The van der Waals surface area contributed by atoms with Crippen molar-refractivity contribution in [1.82, 2.24) is 10.2 Å². The Kier molecular flexibility index (Phi) is 4.79. The molecular formula is C13H24N2O4. The number of rotatable bonds is 2. The second-order valence-corrected chi connectivity index (χ2v) is 5.69. The Morgan fingerprint density at radius 1 is 1.37 bits per heavy atom. The average molecular weight is 272 g/mol. The van der Waals surface area contributed by atoms with Crippen LogP contribution in [0.5, 0.6) is 0 Å². The normalized spacial score (nSPS) is 23.9. The van der Waals surface area contributed by atoms with Gasteiger partial charge in [0.15, 0.2) is 5.54 Å². The van der Waals surface area contributed by atoms with Crippen molar-refractivity contribution in [1.29, 1.82) is 0 Å². The summed E-state index contributed by atoms with van der Waals surface area (Å²) in [6, 6.07) is 0. The third kappa shape index (κ3) is 3.37. The lowest BCUT2D eigenvalue weighted by Crippen LogP contribution is -2.67. The second kappa shape index (κ2) is 5.77. The molecule has 1 saturated heterocycles. The van der Waals surface area contributed by atoms with E-state index in [0.717, 1.165) is 0 Å². The number of ether oxygens (including phenoxy) is 2. The van der Waals surface area contributed by atoms with Crippen LogP contribution in [0.3, 0.4) is 0 Å². The second-order valence-electron chi connectivity index (χ2n) is 5.69. The molecule has 1 heterocycles. The summed E-state index contributed by atoms with van der Waals surface area (Å²) in [7, 11) is 1.33. The molecule has 0 saturated carbocycles. The van der Waals surface area contributed by atoms with E-state index < -0.39 is 23.2 Å². The van der Waals surface area contributed by atoms with Gasteiger partial charge in [0.05, 0.1) is 7.11 Å². The molecule has 6 heteroatoms. The molecular weight excluding hydrogens is 248 g/mol. The number of carbonyl (C=O) groups is 2. The zero-order valence-electron chi connectivity index (χ0n) is 12.4. The summed E-state index contributed by atoms with van der Waals surface area (Å²) in [4.78, 5) is 25.9. The molecule has 0 spiro atoms. The molecule has 0 aromatic heterocycles. The average Bonchev–Trinajstić information content (AvgIpc) is 2.35. The van der Waals surface area contributed by atoms with Gasteiger partial charge in [-0.1, -0.05) is 6.92 Å². The van der Waals surface area contributed by atoms with Crippen LogP contribution >= 0.6 is 0 Å². The fourth-order valence-corrected chi connectivity index (χ4v) is 2.21. The van der Waals surface area contributed by atoms with E-state index in [1.165, 1.54) is 12.0 Å². The number of nitrogens with one attached hydrogen (secondary N) is 1. The van der Waals surface area contributed by atoms with Crippen molar-refractivity contribution >= 4 is 12.1 Å². The van der Waals surface area contributed by atoms with E-state index in [4.69, 9.17) is 9.47 Å². The van der Waals surface area contributed by atoms with Crippen molar-refractivity contribution in [2.75, 3.05) is 26.7 Å². The first-order valence-electron chi connectivity index (χ1n) is 6.56. The monoisotopic (exact) mass is 272 g/mol. The summed E-state index contributed by atoms with van der Waals surface area (Å²) in [5.74, 6) is -0.409. The minimum Gasteiger partial charge on any atom is -0.467 e. The number of hydrogen-bond donors (Lipinski definition) is 1. The fraction of sp³-hybridized carbons (Fsp3) is 0.846. The predicted molar refractivity (Wildman–Crippen MR) is 70.8 cm³/mol. The van der Waals surface area contributed by atoms with Gasteiger partial charge in [0.2, 0.25) is 0 Å². The van der Waals surface area contributed by atoms with Gasteiger partial charge in [-0.2, -0.15) is 0 Å². The molecule has 0 aromatic carbocycles. The van der Waals surface area contributed by atoms with E-state index in [9.17, 15) is 9.59 Å². The van der Waals surface area contributed by atoms with Crippen molar-refractivity contribution in [2.24, 2.45) is 0 Å². The maximum atomic E-state index is 12.3. The van der Waals surface area contributed by atoms with Gasteiger partial charge in [0.1, 0.15) is 5.60 Å². The van der Waals surface area contributed by atoms with Crippen molar-refractivity contribution in [3.05, 3.63) is 0 Å². The number of esters is 1. The molecule has 6 nitrogen and oxygen atoms in total. The molecule has 0 aromatic rings. The molecule has 1 aliphatic heterocycles. The van der Waals surface area contributed by atoms with Crippen molar-refractivity contribution in [2.45, 2.75) is 45.3 Å². The largest absolute Gasteiger partial charge is 0.467 e. The van der Waals surface area contributed by atoms with Gasteiger partial charge in [0.25, 0.3) is 0 Å². The zero-order valence-corrected chi connectivity index (χ0v) is 12.4. The van der Waals surface area contributed by atoms with E-state index in [0.29, 0.717) is 26.1 Å². The van der Waals surface area contributed by atoms with Crippen LogP contribution in [0.15, 0.2) is 0 Å². The first-order valence-corrected chi connectivity index (χ1v) is 6.56. The van der Waals surface area contributed by atoms with Crippen LogP contribution in [0.25, 0.3) is 0 Å². The van der Waals surface area contributed by atoms with E-state index in [1.807, 2.05) is 6.92 Å². The predicted octanol–water partition coefficient (Wildman–Crippen LogP) is 1.15. The smallest absolute Gasteiger partial charge is 0.411 e. The third-order valence-corrected chi connectivity index (χ3v) is 3.21. The lowest BCUT2D eigenvalue weighted by Gasteiger charge is -2.44. The summed E-state index contributed by atoms with van der Waals surface area (Å²) in [6.07, 6.45) is 0.00703. The topological polar surface area (TPSA) is 67.9 Å². The van der Waals surface area contributed by atoms with Gasteiger partial charge in [-0.05, 0) is 27.2 Å². The molecule has 1 fully saturated rings. The van der Waals surface area contributed by atoms with Crippen molar-refractivity contribution in [3.8, 4) is 0 Å². The highest BCUT2D eigenvalue weighted by Crippen LogP contribution is 2.25. The van der Waals surface area contributed by atoms with Gasteiger partial charge in [0, 0.05) is 19.6 Å². The van der Waals surface area contributed by atoms with Crippen LogP contribution in [0.2, 0.25) is 0 Å². The molecule has 1 N–H and O–H groups in total. The molecule has 1 atom stereocenters. The molecule has 19 heavy (non-hydrogen) atoms. The van der Waals surface area contributed by atoms with Gasteiger partial charge >= 0.3 is 12.1 Å². The lowest BCUT2D eigenvalue weighted by atomic mass is 9.92. The molecule has 110 valence electrons. The first kappa shape index (κ1) is 15.8. The van der Waals surface area contributed by atoms with E-state index >= 15 is 0 Å².